The highest BCUT2D eigenvalue weighted by atomic mass is 16.5. The topological polar surface area (TPSA) is 101 Å². The molecule has 2 atom stereocenters. The summed E-state index contributed by atoms with van der Waals surface area (Å²) in [6, 6.07) is 8.12. The molecule has 0 bridgehead atoms. The first-order valence-corrected chi connectivity index (χ1v) is 10.6. The Balaban J connectivity index is 1.47. The predicted octanol–water partition coefficient (Wildman–Crippen LogP) is 3.49. The van der Waals surface area contributed by atoms with Crippen LogP contribution in [0.5, 0.6) is 0 Å². The molecule has 0 spiro atoms. The molecule has 8 nitrogen and oxygen atoms in total. The molecular formula is C22H28N4O4. The fraction of sp³-hybridized carbons (Fsp3) is 0.545. The summed E-state index contributed by atoms with van der Waals surface area (Å²) in [5.74, 6) is 0.176. The predicted molar refractivity (Wildman–Crippen MR) is 111 cm³/mol. The van der Waals surface area contributed by atoms with E-state index in [2.05, 4.69) is 15.1 Å². The first kappa shape index (κ1) is 20.5. The van der Waals surface area contributed by atoms with Gasteiger partial charge in [0.2, 0.25) is 11.7 Å². The number of benzene rings is 1. The van der Waals surface area contributed by atoms with Crippen molar-refractivity contribution in [2.24, 2.45) is 5.10 Å². The van der Waals surface area contributed by atoms with Gasteiger partial charge in [0.1, 0.15) is 0 Å². The minimum atomic E-state index is -0.798. The summed E-state index contributed by atoms with van der Waals surface area (Å²) in [7, 11) is 1.71. The van der Waals surface area contributed by atoms with Gasteiger partial charge in [-0.1, -0.05) is 48.7 Å². The molecule has 0 radical (unpaired) electrons. The van der Waals surface area contributed by atoms with Crippen molar-refractivity contribution in [2.75, 3.05) is 13.7 Å². The smallest absolute Gasteiger partial charge is 0.303 e. The van der Waals surface area contributed by atoms with E-state index in [1.807, 2.05) is 30.5 Å². The second-order valence-electron chi connectivity index (χ2n) is 8.03. The maximum Gasteiger partial charge on any atom is 0.303 e. The van der Waals surface area contributed by atoms with E-state index in [1.165, 1.54) is 19.3 Å². The molecule has 2 heterocycles. The number of carboxylic acid groups (broad SMARTS) is 1. The number of carbonyl (C=O) groups is 1. The molecule has 1 fully saturated rings. The number of carboxylic acids is 1. The Kier molecular flexibility index (Phi) is 6.42. The molecule has 1 saturated carbocycles. The number of aromatic nitrogens is 2. The highest BCUT2D eigenvalue weighted by Gasteiger charge is 2.39. The molecule has 8 heteroatoms. The zero-order valence-corrected chi connectivity index (χ0v) is 17.2. The second kappa shape index (κ2) is 9.38. The highest BCUT2D eigenvalue weighted by Crippen LogP contribution is 2.34. The van der Waals surface area contributed by atoms with Gasteiger partial charge in [0.15, 0.2) is 0 Å². The first-order valence-electron chi connectivity index (χ1n) is 10.6. The van der Waals surface area contributed by atoms with Crippen LogP contribution in [0.1, 0.15) is 55.9 Å². The lowest BCUT2D eigenvalue weighted by Gasteiger charge is -2.35. The zero-order chi connectivity index (χ0) is 20.9. The van der Waals surface area contributed by atoms with E-state index in [0.717, 1.165) is 24.0 Å². The summed E-state index contributed by atoms with van der Waals surface area (Å²) in [6.45, 7) is 0.553. The molecule has 1 N–H and O–H groups in total. The number of rotatable bonds is 8. The standard InChI is InChI=1S/C22H28N4O4/c1-29-14-19-18(13-23-26(19)17-5-3-2-4-6-17)22-24-21(25-30-22)16-10-7-15(8-11-16)9-12-20(27)28/h7-8,10-11,13,17-19H,2-6,9,12,14H2,1H3,(H,27,28). The normalized spacial score (nSPS) is 22.0. The van der Waals surface area contributed by atoms with Crippen molar-refractivity contribution >= 4 is 12.2 Å². The van der Waals surface area contributed by atoms with E-state index in [0.29, 0.717) is 30.8 Å². The number of hydrogen-bond acceptors (Lipinski definition) is 7. The van der Waals surface area contributed by atoms with Crippen LogP contribution >= 0.6 is 0 Å². The monoisotopic (exact) mass is 412 g/mol. The molecule has 30 heavy (non-hydrogen) atoms. The van der Waals surface area contributed by atoms with Crippen LogP contribution in [-0.2, 0) is 16.0 Å². The van der Waals surface area contributed by atoms with Crippen molar-refractivity contribution in [1.82, 2.24) is 15.1 Å². The Labute approximate surface area is 175 Å². The molecule has 2 aliphatic rings. The minimum absolute atomic E-state index is 0.0600. The van der Waals surface area contributed by atoms with E-state index < -0.39 is 5.97 Å². The fourth-order valence-electron chi connectivity index (χ4n) is 4.35. The van der Waals surface area contributed by atoms with Crippen molar-refractivity contribution in [2.45, 2.75) is 62.9 Å². The van der Waals surface area contributed by atoms with Gasteiger partial charge >= 0.3 is 5.97 Å². The van der Waals surface area contributed by atoms with Crippen LogP contribution in [0.3, 0.4) is 0 Å². The maximum absolute atomic E-state index is 10.7. The lowest BCUT2D eigenvalue weighted by Crippen LogP contribution is -2.42. The van der Waals surface area contributed by atoms with Gasteiger partial charge in [0.25, 0.3) is 0 Å². The van der Waals surface area contributed by atoms with Crippen LogP contribution in [0.15, 0.2) is 33.9 Å². The summed E-state index contributed by atoms with van der Waals surface area (Å²) in [5, 5.41) is 19.9. The summed E-state index contributed by atoms with van der Waals surface area (Å²) >= 11 is 0. The average molecular weight is 412 g/mol. The maximum atomic E-state index is 10.7. The molecule has 2 aromatic rings. The van der Waals surface area contributed by atoms with E-state index in [9.17, 15) is 4.79 Å². The molecule has 160 valence electrons. The number of hydrazone groups is 1. The number of aryl methyl sites for hydroxylation is 1. The van der Waals surface area contributed by atoms with Crippen molar-refractivity contribution in [3.63, 3.8) is 0 Å². The SMILES string of the molecule is COCC1C(c2nc(-c3ccc(CCC(=O)O)cc3)no2)C=NN1C1CCCCC1. The van der Waals surface area contributed by atoms with Gasteiger partial charge in [0.05, 0.1) is 18.6 Å². The number of methoxy groups -OCH3 is 1. The van der Waals surface area contributed by atoms with Crippen LogP contribution in [0.4, 0.5) is 0 Å². The van der Waals surface area contributed by atoms with Crippen molar-refractivity contribution in [3.8, 4) is 11.4 Å². The molecule has 1 aliphatic heterocycles. The molecule has 2 unspecified atom stereocenters. The second-order valence-corrected chi connectivity index (χ2v) is 8.03. The zero-order valence-electron chi connectivity index (χ0n) is 17.2. The van der Waals surface area contributed by atoms with Gasteiger partial charge in [0, 0.05) is 31.4 Å². The Morgan fingerprint density at radius 2 is 2.00 bits per heavy atom. The lowest BCUT2D eigenvalue weighted by atomic mass is 9.93. The van der Waals surface area contributed by atoms with Gasteiger partial charge in [-0.3, -0.25) is 9.80 Å². The molecule has 1 aromatic carbocycles. The summed E-state index contributed by atoms with van der Waals surface area (Å²) in [4.78, 5) is 15.4. The van der Waals surface area contributed by atoms with E-state index in [4.69, 9.17) is 19.5 Å². The van der Waals surface area contributed by atoms with Crippen LogP contribution < -0.4 is 0 Å². The largest absolute Gasteiger partial charge is 0.481 e. The van der Waals surface area contributed by atoms with Crippen LogP contribution in [0.25, 0.3) is 11.4 Å². The molecular weight excluding hydrogens is 384 g/mol. The Morgan fingerprint density at radius 1 is 1.23 bits per heavy atom. The van der Waals surface area contributed by atoms with Gasteiger partial charge in [-0.25, -0.2) is 0 Å². The molecule has 0 amide bonds. The highest BCUT2D eigenvalue weighted by molar-refractivity contribution is 5.69. The van der Waals surface area contributed by atoms with Gasteiger partial charge in [-0.05, 0) is 24.8 Å². The van der Waals surface area contributed by atoms with Gasteiger partial charge < -0.3 is 14.4 Å². The number of hydrogen-bond donors (Lipinski definition) is 1. The van der Waals surface area contributed by atoms with Crippen LogP contribution in [0.2, 0.25) is 0 Å². The summed E-state index contributed by atoms with van der Waals surface area (Å²) in [5.41, 5.74) is 1.81. The average Bonchev–Trinajstić information content (AvgIpc) is 3.41. The van der Waals surface area contributed by atoms with Crippen LogP contribution in [-0.4, -0.2) is 58.2 Å². The molecule has 0 saturated heterocycles. The van der Waals surface area contributed by atoms with Crippen molar-refractivity contribution in [1.29, 1.82) is 0 Å². The van der Waals surface area contributed by atoms with Gasteiger partial charge in [-0.15, -0.1) is 0 Å². The van der Waals surface area contributed by atoms with E-state index in [-0.39, 0.29) is 18.4 Å². The fourth-order valence-corrected chi connectivity index (χ4v) is 4.35. The lowest BCUT2D eigenvalue weighted by molar-refractivity contribution is -0.136. The number of ether oxygens (including phenoxy) is 1. The minimum Gasteiger partial charge on any atom is -0.481 e. The third-order valence-electron chi connectivity index (χ3n) is 5.97. The number of aliphatic carboxylic acids is 1. The van der Waals surface area contributed by atoms with Crippen molar-refractivity contribution in [3.05, 3.63) is 35.7 Å². The molecule has 4 rings (SSSR count). The third-order valence-corrected chi connectivity index (χ3v) is 5.97. The molecule has 1 aromatic heterocycles. The Morgan fingerprint density at radius 3 is 2.70 bits per heavy atom. The quantitative estimate of drug-likeness (QED) is 0.708. The van der Waals surface area contributed by atoms with Crippen LogP contribution in [0, 0.1) is 0 Å². The molecule has 1 aliphatic carbocycles. The van der Waals surface area contributed by atoms with Crippen molar-refractivity contribution < 1.29 is 19.2 Å². The third kappa shape index (κ3) is 4.53. The van der Waals surface area contributed by atoms with Gasteiger partial charge in [-0.2, -0.15) is 10.1 Å². The summed E-state index contributed by atoms with van der Waals surface area (Å²) in [6.07, 6.45) is 8.63. The number of nitrogens with zero attached hydrogens (tertiary/aromatic N) is 4. The first-order chi connectivity index (χ1) is 14.7. The Hall–Kier alpha value is -2.74. The van der Waals surface area contributed by atoms with E-state index >= 15 is 0 Å². The summed E-state index contributed by atoms with van der Waals surface area (Å²) < 4.78 is 11.1. The van der Waals surface area contributed by atoms with E-state index in [1.54, 1.807) is 7.11 Å². The Bertz CT molecular complexity index is 874.